The first-order chi connectivity index (χ1) is 14.6. The van der Waals surface area contributed by atoms with Crippen molar-refractivity contribution in [3.05, 3.63) is 48.7 Å². The first-order valence-corrected chi connectivity index (χ1v) is 9.63. The van der Waals surface area contributed by atoms with E-state index in [1.807, 2.05) is 30.3 Å². The lowest BCUT2D eigenvalue weighted by Gasteiger charge is -2.23. The lowest BCUT2D eigenvalue weighted by atomic mass is 10.1. The smallest absolute Gasteiger partial charge is 0.161 e. The topological polar surface area (TPSA) is 115 Å². The van der Waals surface area contributed by atoms with Crippen molar-refractivity contribution in [2.45, 2.75) is 6.10 Å². The molecule has 0 bridgehead atoms. The van der Waals surface area contributed by atoms with Crippen LogP contribution in [0.3, 0.4) is 0 Å². The third-order valence-corrected chi connectivity index (χ3v) is 4.75. The van der Waals surface area contributed by atoms with E-state index >= 15 is 0 Å². The molecule has 0 aliphatic carbocycles. The maximum Gasteiger partial charge on any atom is 0.161 e. The lowest BCUT2D eigenvalue weighted by molar-refractivity contribution is -0.101. The number of nitrogen functional groups attached to an aromatic ring is 2. The molecule has 4 N–H and O–H groups in total. The van der Waals surface area contributed by atoms with Crippen LogP contribution in [0.1, 0.15) is 0 Å². The van der Waals surface area contributed by atoms with Gasteiger partial charge in [-0.3, -0.25) is 0 Å². The fourth-order valence-electron chi connectivity index (χ4n) is 3.15. The van der Waals surface area contributed by atoms with Crippen molar-refractivity contribution in [2.75, 3.05) is 45.0 Å². The molecule has 1 aliphatic heterocycles. The van der Waals surface area contributed by atoms with Gasteiger partial charge in [0.25, 0.3) is 0 Å². The molecule has 30 heavy (non-hydrogen) atoms. The number of hydrogen-bond donors (Lipinski definition) is 2. The predicted molar refractivity (Wildman–Crippen MR) is 114 cm³/mol. The van der Waals surface area contributed by atoms with Crippen LogP contribution >= 0.6 is 0 Å². The van der Waals surface area contributed by atoms with Crippen LogP contribution < -0.4 is 20.9 Å². The molecule has 4 rings (SSSR count). The van der Waals surface area contributed by atoms with Crippen molar-refractivity contribution in [1.82, 2.24) is 9.97 Å². The Morgan fingerprint density at radius 1 is 1.03 bits per heavy atom. The van der Waals surface area contributed by atoms with Crippen molar-refractivity contribution in [3.63, 3.8) is 0 Å². The number of rotatable bonds is 6. The van der Waals surface area contributed by atoms with Crippen LogP contribution in [0.4, 0.5) is 11.5 Å². The van der Waals surface area contributed by atoms with Gasteiger partial charge in [-0.25, -0.2) is 9.97 Å². The highest BCUT2D eigenvalue weighted by molar-refractivity contribution is 5.74. The molecule has 0 spiro atoms. The van der Waals surface area contributed by atoms with E-state index in [9.17, 15) is 0 Å². The van der Waals surface area contributed by atoms with E-state index in [1.165, 1.54) is 0 Å². The molecular weight excluding hydrogens is 384 g/mol. The second-order valence-corrected chi connectivity index (χ2v) is 6.86. The second kappa shape index (κ2) is 8.98. The zero-order valence-corrected chi connectivity index (χ0v) is 16.7. The summed E-state index contributed by atoms with van der Waals surface area (Å²) in [5.41, 5.74) is 15.5. The highest BCUT2D eigenvalue weighted by Crippen LogP contribution is 2.33. The van der Waals surface area contributed by atoms with Gasteiger partial charge in [-0.1, -0.05) is 12.1 Å². The van der Waals surface area contributed by atoms with Crippen LogP contribution in [-0.2, 0) is 9.47 Å². The van der Waals surface area contributed by atoms with Crippen molar-refractivity contribution in [1.29, 1.82) is 0 Å². The van der Waals surface area contributed by atoms with Gasteiger partial charge in [-0.05, 0) is 30.3 Å². The van der Waals surface area contributed by atoms with E-state index in [4.69, 9.17) is 35.4 Å². The van der Waals surface area contributed by atoms with E-state index in [0.717, 1.165) is 11.1 Å². The van der Waals surface area contributed by atoms with E-state index in [-0.39, 0.29) is 6.10 Å². The summed E-state index contributed by atoms with van der Waals surface area (Å²) in [5, 5.41) is 0. The standard InChI is InChI=1S/C22H24N4O4/c1-27-20-10-15(4-7-19(20)30-13-17-12-28-8-9-29-17)18-11-25-22(24)21(26-18)14-2-5-16(23)6-3-14/h2-7,10-11,17H,8-9,12-13,23H2,1H3,(H2,24,25)/t17-/m0/s1. The minimum Gasteiger partial charge on any atom is -0.493 e. The predicted octanol–water partition coefficient (Wildman–Crippen LogP) is 2.78. The maximum absolute atomic E-state index is 6.06. The van der Waals surface area contributed by atoms with Gasteiger partial charge in [0.1, 0.15) is 24.2 Å². The maximum atomic E-state index is 6.06. The average molecular weight is 408 g/mol. The Morgan fingerprint density at radius 2 is 1.83 bits per heavy atom. The van der Waals surface area contributed by atoms with E-state index in [2.05, 4.69) is 4.98 Å². The highest BCUT2D eigenvalue weighted by Gasteiger charge is 2.17. The number of methoxy groups -OCH3 is 1. The summed E-state index contributed by atoms with van der Waals surface area (Å²) in [7, 11) is 1.60. The zero-order chi connectivity index (χ0) is 20.9. The van der Waals surface area contributed by atoms with Crippen LogP contribution in [0, 0.1) is 0 Å². The first-order valence-electron chi connectivity index (χ1n) is 9.63. The number of nitrogens with zero attached hydrogens (tertiary/aromatic N) is 2. The Hall–Kier alpha value is -3.36. The van der Waals surface area contributed by atoms with Crippen LogP contribution in [0.25, 0.3) is 22.5 Å². The third-order valence-electron chi connectivity index (χ3n) is 4.75. The summed E-state index contributed by atoms with van der Waals surface area (Å²) in [5.74, 6) is 1.57. The molecule has 3 aromatic rings. The normalized spacial score (nSPS) is 16.2. The summed E-state index contributed by atoms with van der Waals surface area (Å²) in [6.45, 7) is 2.11. The third kappa shape index (κ3) is 4.45. The van der Waals surface area contributed by atoms with Gasteiger partial charge in [0.05, 0.1) is 38.8 Å². The van der Waals surface area contributed by atoms with E-state index in [0.29, 0.717) is 60.8 Å². The van der Waals surface area contributed by atoms with Crippen LogP contribution in [0.5, 0.6) is 11.5 Å². The monoisotopic (exact) mass is 408 g/mol. The Balaban J connectivity index is 1.57. The van der Waals surface area contributed by atoms with E-state index in [1.54, 1.807) is 25.4 Å². The minimum atomic E-state index is -0.0893. The molecule has 8 nitrogen and oxygen atoms in total. The van der Waals surface area contributed by atoms with Crippen LogP contribution in [0.2, 0.25) is 0 Å². The lowest BCUT2D eigenvalue weighted by Crippen LogP contribution is -2.33. The first kappa shape index (κ1) is 19.9. The molecule has 8 heteroatoms. The molecular formula is C22H24N4O4. The Bertz CT molecular complexity index is 1000. The molecule has 1 atom stereocenters. The molecule has 156 valence electrons. The molecule has 1 aromatic heterocycles. The van der Waals surface area contributed by atoms with Gasteiger partial charge in [0.15, 0.2) is 11.5 Å². The summed E-state index contributed by atoms with van der Waals surface area (Å²) in [6.07, 6.45) is 1.55. The number of aromatic nitrogens is 2. The zero-order valence-electron chi connectivity index (χ0n) is 16.7. The molecule has 0 saturated carbocycles. The second-order valence-electron chi connectivity index (χ2n) is 6.86. The highest BCUT2D eigenvalue weighted by atomic mass is 16.6. The van der Waals surface area contributed by atoms with Gasteiger partial charge in [0.2, 0.25) is 0 Å². The molecule has 2 heterocycles. The largest absolute Gasteiger partial charge is 0.493 e. The SMILES string of the molecule is COc1cc(-c2cnc(N)c(-c3ccc(N)cc3)n2)ccc1OC[C@@H]1COCCO1. The van der Waals surface area contributed by atoms with Crippen LogP contribution in [-0.4, -0.2) is 49.6 Å². The van der Waals surface area contributed by atoms with Crippen molar-refractivity contribution in [3.8, 4) is 34.0 Å². The van der Waals surface area contributed by atoms with Gasteiger partial charge in [-0.15, -0.1) is 0 Å². The molecule has 0 radical (unpaired) electrons. The number of benzene rings is 2. The fourth-order valence-corrected chi connectivity index (χ4v) is 3.15. The average Bonchev–Trinajstić information content (AvgIpc) is 2.79. The minimum absolute atomic E-state index is 0.0893. The number of ether oxygens (including phenoxy) is 4. The quantitative estimate of drug-likeness (QED) is 0.599. The number of nitrogens with two attached hydrogens (primary N) is 2. The number of hydrogen-bond acceptors (Lipinski definition) is 8. The summed E-state index contributed by atoms with van der Waals surface area (Å²) in [4.78, 5) is 9.02. The number of anilines is 2. The Kier molecular flexibility index (Phi) is 5.97. The van der Waals surface area contributed by atoms with Crippen molar-refractivity contribution in [2.24, 2.45) is 0 Å². The summed E-state index contributed by atoms with van der Waals surface area (Å²) < 4.78 is 22.4. The molecule has 1 saturated heterocycles. The van der Waals surface area contributed by atoms with E-state index < -0.39 is 0 Å². The molecule has 0 unspecified atom stereocenters. The Morgan fingerprint density at radius 3 is 2.57 bits per heavy atom. The van der Waals surface area contributed by atoms with Crippen molar-refractivity contribution < 1.29 is 18.9 Å². The van der Waals surface area contributed by atoms with Gasteiger partial charge in [-0.2, -0.15) is 0 Å². The van der Waals surface area contributed by atoms with Gasteiger partial charge >= 0.3 is 0 Å². The van der Waals surface area contributed by atoms with Crippen molar-refractivity contribution >= 4 is 11.5 Å². The summed E-state index contributed by atoms with van der Waals surface area (Å²) >= 11 is 0. The Labute approximate surface area is 174 Å². The molecule has 2 aromatic carbocycles. The fraction of sp³-hybridized carbons (Fsp3) is 0.273. The van der Waals surface area contributed by atoms with Gasteiger partial charge < -0.3 is 30.4 Å². The van der Waals surface area contributed by atoms with Gasteiger partial charge in [0, 0.05) is 16.8 Å². The molecule has 1 fully saturated rings. The molecule has 0 amide bonds. The summed E-state index contributed by atoms with van der Waals surface area (Å²) in [6, 6.07) is 13.0. The van der Waals surface area contributed by atoms with Crippen LogP contribution in [0.15, 0.2) is 48.7 Å². The molecule has 1 aliphatic rings.